The fraction of sp³-hybridized carbons (Fsp3) is 0.696. The molecule has 0 aliphatic carbocycles. The van der Waals surface area contributed by atoms with Gasteiger partial charge in [-0.05, 0) is 96.5 Å². The lowest BCUT2D eigenvalue weighted by Crippen LogP contribution is -2.29. The highest BCUT2D eigenvalue weighted by Crippen LogP contribution is 2.21. The molecule has 0 heterocycles. The summed E-state index contributed by atoms with van der Waals surface area (Å²) >= 11 is 0. The number of ether oxygens (including phenoxy) is 2. The molecular formula is C23H42N4O3. The van der Waals surface area contributed by atoms with Crippen molar-refractivity contribution in [1.82, 2.24) is 16.0 Å². The molecule has 0 saturated heterocycles. The number of nitrogens with two attached hydrogens (primary N) is 1. The number of carbonyl (C=O) groups excluding carboxylic acids is 1. The Morgan fingerprint density at radius 1 is 0.933 bits per heavy atom. The zero-order valence-corrected chi connectivity index (χ0v) is 19.0. The first-order chi connectivity index (χ1) is 14.6. The van der Waals surface area contributed by atoms with E-state index in [1.807, 2.05) is 38.1 Å². The maximum absolute atomic E-state index is 12.2. The van der Waals surface area contributed by atoms with Gasteiger partial charge in [-0.1, -0.05) is 12.1 Å². The van der Waals surface area contributed by atoms with E-state index in [-0.39, 0.29) is 18.1 Å². The van der Waals surface area contributed by atoms with Gasteiger partial charge in [0.2, 0.25) is 0 Å². The van der Waals surface area contributed by atoms with Crippen LogP contribution in [-0.2, 0) is 9.53 Å². The molecule has 7 nitrogen and oxygen atoms in total. The summed E-state index contributed by atoms with van der Waals surface area (Å²) in [5.41, 5.74) is 6.53. The molecule has 0 aliphatic heterocycles. The van der Waals surface area contributed by atoms with E-state index in [2.05, 4.69) is 16.0 Å². The summed E-state index contributed by atoms with van der Waals surface area (Å²) < 4.78 is 10.6. The molecule has 0 bridgehead atoms. The van der Waals surface area contributed by atoms with Crippen LogP contribution in [0.3, 0.4) is 0 Å². The molecule has 0 amide bonds. The van der Waals surface area contributed by atoms with Crippen molar-refractivity contribution in [2.24, 2.45) is 5.73 Å². The molecule has 5 N–H and O–H groups in total. The predicted molar refractivity (Wildman–Crippen MR) is 123 cm³/mol. The average molecular weight is 423 g/mol. The molecule has 1 aromatic carbocycles. The quantitative estimate of drug-likeness (QED) is 0.213. The van der Waals surface area contributed by atoms with Gasteiger partial charge in [0.05, 0.1) is 19.6 Å². The van der Waals surface area contributed by atoms with Gasteiger partial charge in [-0.15, -0.1) is 0 Å². The van der Waals surface area contributed by atoms with Crippen molar-refractivity contribution < 1.29 is 14.3 Å². The number of methoxy groups -OCH3 is 1. The highest BCUT2D eigenvalue weighted by atomic mass is 16.5. The molecule has 1 unspecified atom stereocenters. The molecule has 172 valence electrons. The van der Waals surface area contributed by atoms with Crippen molar-refractivity contribution in [1.29, 1.82) is 0 Å². The monoisotopic (exact) mass is 422 g/mol. The van der Waals surface area contributed by atoms with E-state index in [0.717, 1.165) is 63.4 Å². The number of unbranched alkanes of at least 4 members (excludes halogenated alkanes) is 1. The SMILES string of the molecule is COc1ccc(C(CC(=O)OC(C)C)NCCCNCCCCNCCCN)cc1. The standard InChI is InChI=1S/C23H42N4O3/c1-19(2)30-23(28)18-22(20-8-10-21(29-3)11-9-20)27-17-7-16-26-14-5-4-13-25-15-6-12-24/h8-11,19,22,25-27H,4-7,12-18,24H2,1-3H3. The average Bonchev–Trinajstić information content (AvgIpc) is 2.73. The Morgan fingerprint density at radius 2 is 1.53 bits per heavy atom. The van der Waals surface area contributed by atoms with Gasteiger partial charge in [-0.2, -0.15) is 0 Å². The Kier molecular flexibility index (Phi) is 15.0. The lowest BCUT2D eigenvalue weighted by atomic mass is 10.0. The van der Waals surface area contributed by atoms with Gasteiger partial charge in [0.25, 0.3) is 0 Å². The van der Waals surface area contributed by atoms with Crippen LogP contribution in [0.1, 0.15) is 57.6 Å². The van der Waals surface area contributed by atoms with E-state index >= 15 is 0 Å². The molecule has 1 rings (SSSR count). The van der Waals surface area contributed by atoms with Gasteiger partial charge < -0.3 is 31.2 Å². The molecular weight excluding hydrogens is 380 g/mol. The van der Waals surface area contributed by atoms with Crippen LogP contribution in [0, 0.1) is 0 Å². The van der Waals surface area contributed by atoms with E-state index in [0.29, 0.717) is 6.42 Å². The van der Waals surface area contributed by atoms with E-state index in [1.165, 1.54) is 12.8 Å². The van der Waals surface area contributed by atoms with Gasteiger partial charge >= 0.3 is 5.97 Å². The Morgan fingerprint density at radius 3 is 2.10 bits per heavy atom. The Labute approximate surface area is 182 Å². The number of esters is 1. The first kappa shape index (κ1) is 26.4. The number of rotatable bonds is 18. The van der Waals surface area contributed by atoms with Crippen molar-refractivity contribution >= 4 is 5.97 Å². The summed E-state index contributed by atoms with van der Waals surface area (Å²) in [7, 11) is 1.65. The van der Waals surface area contributed by atoms with Crippen molar-refractivity contribution in [2.45, 2.75) is 58.1 Å². The summed E-state index contributed by atoms with van der Waals surface area (Å²) in [5.74, 6) is 0.623. The van der Waals surface area contributed by atoms with Gasteiger partial charge in [-0.25, -0.2) is 0 Å². The summed E-state index contributed by atoms with van der Waals surface area (Å²) in [6, 6.07) is 7.77. The zero-order chi connectivity index (χ0) is 22.0. The third-order valence-electron chi connectivity index (χ3n) is 4.69. The molecule has 0 aliphatic rings. The third kappa shape index (κ3) is 12.8. The Bertz CT molecular complexity index is 552. The molecule has 0 spiro atoms. The second-order valence-corrected chi connectivity index (χ2v) is 7.73. The van der Waals surface area contributed by atoms with E-state index in [9.17, 15) is 4.79 Å². The fourth-order valence-electron chi connectivity index (χ4n) is 3.09. The van der Waals surface area contributed by atoms with Crippen LogP contribution in [0.25, 0.3) is 0 Å². The minimum absolute atomic E-state index is 0.0678. The first-order valence-electron chi connectivity index (χ1n) is 11.2. The largest absolute Gasteiger partial charge is 0.497 e. The van der Waals surface area contributed by atoms with Crippen LogP contribution < -0.4 is 26.4 Å². The van der Waals surface area contributed by atoms with Gasteiger partial charge in [0, 0.05) is 6.04 Å². The number of benzene rings is 1. The molecule has 7 heteroatoms. The molecule has 30 heavy (non-hydrogen) atoms. The highest BCUT2D eigenvalue weighted by Gasteiger charge is 2.17. The molecule has 0 radical (unpaired) electrons. The van der Waals surface area contributed by atoms with Gasteiger partial charge in [0.15, 0.2) is 0 Å². The summed E-state index contributed by atoms with van der Waals surface area (Å²) in [4.78, 5) is 12.2. The van der Waals surface area contributed by atoms with Crippen LogP contribution in [-0.4, -0.2) is 58.5 Å². The van der Waals surface area contributed by atoms with Gasteiger partial charge in [-0.3, -0.25) is 4.79 Å². The third-order valence-corrected chi connectivity index (χ3v) is 4.69. The fourth-order valence-corrected chi connectivity index (χ4v) is 3.09. The van der Waals surface area contributed by atoms with Crippen molar-refractivity contribution in [3.8, 4) is 5.75 Å². The van der Waals surface area contributed by atoms with Crippen molar-refractivity contribution in [2.75, 3.05) is 46.4 Å². The molecule has 0 saturated carbocycles. The topological polar surface area (TPSA) is 97.6 Å². The summed E-state index contributed by atoms with van der Waals surface area (Å²) in [6.45, 7) is 9.38. The minimum atomic E-state index is -0.184. The maximum Gasteiger partial charge on any atom is 0.307 e. The summed E-state index contributed by atoms with van der Waals surface area (Å²) in [6.07, 6.45) is 4.59. The van der Waals surface area contributed by atoms with E-state index in [4.69, 9.17) is 15.2 Å². The van der Waals surface area contributed by atoms with E-state index in [1.54, 1.807) is 7.11 Å². The maximum atomic E-state index is 12.2. The van der Waals surface area contributed by atoms with Crippen LogP contribution in [0.4, 0.5) is 0 Å². The smallest absolute Gasteiger partial charge is 0.307 e. The number of hydrogen-bond donors (Lipinski definition) is 4. The van der Waals surface area contributed by atoms with Crippen molar-refractivity contribution in [3.63, 3.8) is 0 Å². The molecule has 1 aromatic rings. The number of nitrogens with one attached hydrogen (secondary N) is 3. The van der Waals surface area contributed by atoms with Gasteiger partial charge in [0.1, 0.15) is 5.75 Å². The predicted octanol–water partition coefficient (Wildman–Crippen LogP) is 2.37. The molecule has 1 atom stereocenters. The lowest BCUT2D eigenvalue weighted by molar-refractivity contribution is -0.148. The molecule has 0 aromatic heterocycles. The first-order valence-corrected chi connectivity index (χ1v) is 11.2. The van der Waals surface area contributed by atoms with Crippen LogP contribution in [0.15, 0.2) is 24.3 Å². The normalized spacial score (nSPS) is 12.2. The lowest BCUT2D eigenvalue weighted by Gasteiger charge is -2.20. The van der Waals surface area contributed by atoms with Crippen LogP contribution >= 0.6 is 0 Å². The van der Waals surface area contributed by atoms with Crippen molar-refractivity contribution in [3.05, 3.63) is 29.8 Å². The van der Waals surface area contributed by atoms with Crippen LogP contribution in [0.5, 0.6) is 5.75 Å². The van der Waals surface area contributed by atoms with Crippen LogP contribution in [0.2, 0.25) is 0 Å². The zero-order valence-electron chi connectivity index (χ0n) is 19.0. The molecule has 0 fully saturated rings. The summed E-state index contributed by atoms with van der Waals surface area (Å²) in [5, 5.41) is 10.4. The number of carbonyl (C=O) groups is 1. The second kappa shape index (κ2) is 17.1. The Hall–Kier alpha value is -1.67. The Balaban J connectivity index is 2.28. The number of hydrogen-bond acceptors (Lipinski definition) is 7. The minimum Gasteiger partial charge on any atom is -0.497 e. The second-order valence-electron chi connectivity index (χ2n) is 7.73. The van der Waals surface area contributed by atoms with E-state index < -0.39 is 0 Å². The highest BCUT2D eigenvalue weighted by molar-refractivity contribution is 5.70.